The molecule has 10 heteroatoms. The number of sulfonamides is 1. The predicted molar refractivity (Wildman–Crippen MR) is 125 cm³/mol. The Morgan fingerprint density at radius 2 is 1.84 bits per heavy atom. The van der Waals surface area contributed by atoms with Gasteiger partial charge in [0.15, 0.2) is 0 Å². The fraction of sp³-hybridized carbons (Fsp3) is 0.136. The number of carbonyl (C=O) groups excluding carboxylic acids is 1. The minimum Gasteiger partial charge on any atom is -0.495 e. The summed E-state index contributed by atoms with van der Waals surface area (Å²) in [7, 11) is -2.89. The number of anilines is 1. The maximum atomic E-state index is 14.2. The summed E-state index contributed by atoms with van der Waals surface area (Å²) in [5.41, 5.74) is 0.639. The lowest BCUT2D eigenvalue weighted by molar-refractivity contribution is -0.117. The average molecular weight is 542 g/mol. The summed E-state index contributed by atoms with van der Waals surface area (Å²) in [6, 6.07) is 15.9. The van der Waals surface area contributed by atoms with Crippen molar-refractivity contribution in [1.82, 2.24) is 4.72 Å². The number of halogens is 3. The van der Waals surface area contributed by atoms with Crippen LogP contribution in [0.1, 0.15) is 5.56 Å². The monoisotopic (exact) mass is 540 g/mol. The lowest BCUT2D eigenvalue weighted by atomic mass is 10.1. The van der Waals surface area contributed by atoms with Crippen LogP contribution in [0, 0.1) is 5.82 Å². The zero-order valence-electron chi connectivity index (χ0n) is 16.8. The van der Waals surface area contributed by atoms with E-state index >= 15 is 0 Å². The van der Waals surface area contributed by atoms with Crippen molar-refractivity contribution < 1.29 is 22.3 Å². The Morgan fingerprint density at radius 1 is 1.12 bits per heavy atom. The van der Waals surface area contributed by atoms with Gasteiger partial charge in [-0.2, -0.15) is 4.72 Å². The van der Waals surface area contributed by atoms with Crippen molar-refractivity contribution in [1.29, 1.82) is 0 Å². The Balaban J connectivity index is 1.93. The smallest absolute Gasteiger partial charge is 0.245 e. The van der Waals surface area contributed by atoms with Crippen molar-refractivity contribution in [3.8, 4) is 5.75 Å². The van der Waals surface area contributed by atoms with Crippen LogP contribution in [0.3, 0.4) is 0 Å². The summed E-state index contributed by atoms with van der Waals surface area (Å²) in [6.45, 7) is 0. The first-order valence-corrected chi connectivity index (χ1v) is 12.0. The zero-order valence-corrected chi connectivity index (χ0v) is 20.0. The van der Waals surface area contributed by atoms with Crippen molar-refractivity contribution in [2.24, 2.45) is 0 Å². The molecule has 168 valence electrons. The summed E-state index contributed by atoms with van der Waals surface area (Å²) >= 11 is 9.13. The van der Waals surface area contributed by atoms with Gasteiger partial charge in [-0.3, -0.25) is 4.79 Å². The van der Waals surface area contributed by atoms with Gasteiger partial charge >= 0.3 is 0 Å². The van der Waals surface area contributed by atoms with E-state index in [1.165, 1.54) is 37.4 Å². The third-order valence-electron chi connectivity index (χ3n) is 4.50. The molecule has 0 saturated heterocycles. The molecule has 0 fully saturated rings. The summed E-state index contributed by atoms with van der Waals surface area (Å²) in [5, 5.41) is 2.64. The van der Waals surface area contributed by atoms with E-state index in [0.29, 0.717) is 10.0 Å². The third-order valence-corrected chi connectivity index (χ3v) is 6.72. The minimum absolute atomic E-state index is 0.0347. The van der Waals surface area contributed by atoms with Gasteiger partial charge in [0, 0.05) is 9.50 Å². The van der Waals surface area contributed by atoms with Crippen LogP contribution in [0.2, 0.25) is 5.02 Å². The lowest BCUT2D eigenvalue weighted by Gasteiger charge is -2.20. The van der Waals surface area contributed by atoms with Crippen molar-refractivity contribution in [3.63, 3.8) is 0 Å². The Hall–Kier alpha value is -2.46. The van der Waals surface area contributed by atoms with Gasteiger partial charge in [-0.1, -0.05) is 57.9 Å². The molecule has 6 nitrogen and oxygen atoms in total. The molecular formula is C22H19BrClFN2O4S. The summed E-state index contributed by atoms with van der Waals surface area (Å²) in [5.74, 6) is -1.31. The van der Waals surface area contributed by atoms with Crippen LogP contribution in [0.15, 0.2) is 76.1 Å². The van der Waals surface area contributed by atoms with Gasteiger partial charge < -0.3 is 10.1 Å². The van der Waals surface area contributed by atoms with Crippen LogP contribution >= 0.6 is 27.5 Å². The molecule has 0 aliphatic heterocycles. The van der Waals surface area contributed by atoms with Crippen molar-refractivity contribution in [3.05, 3.63) is 87.6 Å². The number of hydrogen-bond donors (Lipinski definition) is 2. The molecule has 3 rings (SSSR count). The molecule has 0 aromatic heterocycles. The highest BCUT2D eigenvalue weighted by molar-refractivity contribution is 9.10. The van der Waals surface area contributed by atoms with E-state index in [2.05, 4.69) is 26.0 Å². The van der Waals surface area contributed by atoms with Gasteiger partial charge in [-0.05, 0) is 48.4 Å². The highest BCUT2D eigenvalue weighted by Crippen LogP contribution is 2.27. The van der Waals surface area contributed by atoms with Crippen LogP contribution in [0.4, 0.5) is 10.1 Å². The number of carbonyl (C=O) groups is 1. The third kappa shape index (κ3) is 6.07. The molecule has 2 N–H and O–H groups in total. The molecule has 0 heterocycles. The van der Waals surface area contributed by atoms with E-state index in [0.717, 1.165) is 0 Å². The molecule has 0 spiro atoms. The van der Waals surface area contributed by atoms with Gasteiger partial charge in [-0.25, -0.2) is 12.8 Å². The molecule has 0 radical (unpaired) electrons. The molecule has 0 bridgehead atoms. The first kappa shape index (κ1) is 24.2. The number of hydrogen-bond acceptors (Lipinski definition) is 4. The minimum atomic E-state index is -4.22. The number of amides is 1. The number of rotatable bonds is 8. The summed E-state index contributed by atoms with van der Waals surface area (Å²) in [4.78, 5) is 12.8. The lowest BCUT2D eigenvalue weighted by Crippen LogP contribution is -2.45. The molecule has 3 aromatic rings. The Morgan fingerprint density at radius 3 is 2.50 bits per heavy atom. The summed E-state index contributed by atoms with van der Waals surface area (Å²) < 4.78 is 48.5. The van der Waals surface area contributed by atoms with Gasteiger partial charge in [0.05, 0.1) is 12.8 Å². The molecule has 32 heavy (non-hydrogen) atoms. The normalized spacial score (nSPS) is 12.2. The largest absolute Gasteiger partial charge is 0.495 e. The quantitative estimate of drug-likeness (QED) is 0.430. The molecular weight excluding hydrogens is 523 g/mol. The van der Waals surface area contributed by atoms with E-state index in [1.807, 2.05) is 0 Å². The first-order chi connectivity index (χ1) is 15.2. The topological polar surface area (TPSA) is 84.5 Å². The molecule has 1 amide bonds. The highest BCUT2D eigenvalue weighted by atomic mass is 79.9. The van der Waals surface area contributed by atoms with E-state index in [9.17, 15) is 17.6 Å². The Labute approximate surface area is 198 Å². The van der Waals surface area contributed by atoms with Gasteiger partial charge in [0.25, 0.3) is 0 Å². The number of methoxy groups -OCH3 is 1. The van der Waals surface area contributed by atoms with Crippen LogP contribution in [-0.2, 0) is 21.2 Å². The second kappa shape index (κ2) is 10.4. The SMILES string of the molecule is COc1ccc(Cl)cc1S(=O)(=O)NC(Cc1ccccc1)C(=O)Nc1ccc(Br)cc1F. The van der Waals surface area contributed by atoms with Crippen LogP contribution in [-0.4, -0.2) is 27.5 Å². The van der Waals surface area contributed by atoms with Crippen LogP contribution < -0.4 is 14.8 Å². The second-order valence-electron chi connectivity index (χ2n) is 6.77. The second-order valence-corrected chi connectivity index (χ2v) is 9.81. The number of ether oxygens (including phenoxy) is 1. The van der Waals surface area contributed by atoms with Crippen molar-refractivity contribution in [2.75, 3.05) is 12.4 Å². The summed E-state index contributed by atoms with van der Waals surface area (Å²) in [6.07, 6.45) is 0.0347. The highest BCUT2D eigenvalue weighted by Gasteiger charge is 2.29. The molecule has 1 atom stereocenters. The Kier molecular flexibility index (Phi) is 7.89. The van der Waals surface area contributed by atoms with Crippen LogP contribution in [0.25, 0.3) is 0 Å². The molecule has 0 aliphatic carbocycles. The molecule has 0 saturated carbocycles. The standard InChI is InChI=1S/C22H19BrClFN2O4S/c1-31-20-10-8-16(24)13-21(20)32(29,30)27-19(11-14-5-3-2-4-6-14)22(28)26-18-9-7-15(23)12-17(18)25/h2-10,12-13,19,27H,11H2,1H3,(H,26,28). The molecule has 3 aromatic carbocycles. The molecule has 1 unspecified atom stereocenters. The zero-order chi connectivity index (χ0) is 23.3. The van der Waals surface area contributed by atoms with Gasteiger partial charge in [-0.15, -0.1) is 0 Å². The maximum Gasteiger partial charge on any atom is 0.245 e. The Bertz CT molecular complexity index is 1230. The number of benzene rings is 3. The predicted octanol–water partition coefficient (Wildman–Crippen LogP) is 4.78. The van der Waals surface area contributed by atoms with Crippen molar-refractivity contribution >= 4 is 49.1 Å². The van der Waals surface area contributed by atoms with Gasteiger partial charge in [0.2, 0.25) is 15.9 Å². The van der Waals surface area contributed by atoms with Gasteiger partial charge in [0.1, 0.15) is 22.5 Å². The van der Waals surface area contributed by atoms with E-state index in [4.69, 9.17) is 16.3 Å². The van der Waals surface area contributed by atoms with E-state index in [-0.39, 0.29) is 27.8 Å². The van der Waals surface area contributed by atoms with E-state index < -0.39 is 27.8 Å². The number of nitrogens with one attached hydrogen (secondary N) is 2. The van der Waals surface area contributed by atoms with E-state index in [1.54, 1.807) is 36.4 Å². The average Bonchev–Trinajstić information content (AvgIpc) is 2.75. The first-order valence-electron chi connectivity index (χ1n) is 9.35. The van der Waals surface area contributed by atoms with Crippen LogP contribution in [0.5, 0.6) is 5.75 Å². The fourth-order valence-corrected chi connectivity index (χ4v) is 4.92. The fourth-order valence-electron chi connectivity index (χ4n) is 2.96. The molecule has 0 aliphatic rings. The maximum absolute atomic E-state index is 14.2. The van der Waals surface area contributed by atoms with Crippen molar-refractivity contribution in [2.45, 2.75) is 17.4 Å².